The van der Waals surface area contributed by atoms with Crippen molar-refractivity contribution in [3.63, 3.8) is 0 Å². The molecule has 0 aliphatic rings. The Morgan fingerprint density at radius 3 is 2.62 bits per heavy atom. The summed E-state index contributed by atoms with van der Waals surface area (Å²) < 4.78 is 0. The van der Waals surface area contributed by atoms with Gasteiger partial charge in [0.1, 0.15) is 0 Å². The first-order valence-electron chi connectivity index (χ1n) is 6.94. The Morgan fingerprint density at radius 2 is 1.90 bits per heavy atom. The molecule has 110 valence electrons. The summed E-state index contributed by atoms with van der Waals surface area (Å²) in [6.45, 7) is 2.71. The smallest absolute Gasteiger partial charge is 0.265 e. The molecule has 1 aromatic carbocycles. The summed E-state index contributed by atoms with van der Waals surface area (Å²) in [5.41, 5.74) is 1.02. The second kappa shape index (κ2) is 7.59. The van der Waals surface area contributed by atoms with E-state index in [9.17, 15) is 9.59 Å². The molecule has 2 rings (SSSR count). The maximum absolute atomic E-state index is 12.1. The second-order valence-corrected chi connectivity index (χ2v) is 5.53. The molecule has 0 radical (unpaired) electrons. The maximum Gasteiger partial charge on any atom is 0.265 e. The third-order valence-electron chi connectivity index (χ3n) is 2.98. The van der Waals surface area contributed by atoms with E-state index in [1.807, 2.05) is 11.4 Å². The molecule has 21 heavy (non-hydrogen) atoms. The van der Waals surface area contributed by atoms with E-state index in [1.54, 1.807) is 30.3 Å². The quantitative estimate of drug-likeness (QED) is 0.802. The van der Waals surface area contributed by atoms with Crippen LogP contribution in [0.25, 0.3) is 0 Å². The molecule has 0 aliphatic heterocycles. The van der Waals surface area contributed by atoms with Crippen molar-refractivity contribution in [2.45, 2.75) is 19.8 Å². The van der Waals surface area contributed by atoms with E-state index in [1.165, 1.54) is 11.3 Å². The summed E-state index contributed by atoms with van der Waals surface area (Å²) in [6.07, 6.45) is 1.96. The molecule has 5 heteroatoms. The third kappa shape index (κ3) is 4.16. The van der Waals surface area contributed by atoms with Crippen LogP contribution in [0.4, 0.5) is 5.69 Å². The number of thiophene rings is 1. The lowest BCUT2D eigenvalue weighted by Crippen LogP contribution is -2.26. The first-order chi connectivity index (χ1) is 10.2. The largest absolute Gasteiger partial charge is 0.352 e. The Morgan fingerprint density at radius 1 is 1.10 bits per heavy atom. The number of hydrogen-bond acceptors (Lipinski definition) is 3. The summed E-state index contributed by atoms with van der Waals surface area (Å²) in [7, 11) is 0. The summed E-state index contributed by atoms with van der Waals surface area (Å²) in [6, 6.07) is 10.6. The molecule has 0 aliphatic carbocycles. The van der Waals surface area contributed by atoms with Gasteiger partial charge >= 0.3 is 0 Å². The fourth-order valence-electron chi connectivity index (χ4n) is 1.86. The van der Waals surface area contributed by atoms with Gasteiger partial charge in [0.05, 0.1) is 16.1 Å². The van der Waals surface area contributed by atoms with Gasteiger partial charge in [-0.25, -0.2) is 0 Å². The summed E-state index contributed by atoms with van der Waals surface area (Å²) >= 11 is 1.37. The average molecular weight is 302 g/mol. The average Bonchev–Trinajstić information content (AvgIpc) is 3.02. The van der Waals surface area contributed by atoms with Crippen LogP contribution in [-0.4, -0.2) is 18.4 Å². The van der Waals surface area contributed by atoms with E-state index in [2.05, 4.69) is 17.6 Å². The number of anilines is 1. The fourth-order valence-corrected chi connectivity index (χ4v) is 2.47. The number of carbonyl (C=O) groups excluding carboxylic acids is 2. The Bertz CT molecular complexity index is 608. The van der Waals surface area contributed by atoms with Gasteiger partial charge in [-0.2, -0.15) is 0 Å². The number of rotatable bonds is 6. The van der Waals surface area contributed by atoms with Gasteiger partial charge in [0, 0.05) is 6.54 Å². The molecule has 2 aromatic rings. The zero-order valence-corrected chi connectivity index (χ0v) is 12.7. The summed E-state index contributed by atoms with van der Waals surface area (Å²) in [5, 5.41) is 7.50. The van der Waals surface area contributed by atoms with Gasteiger partial charge in [-0.1, -0.05) is 31.5 Å². The van der Waals surface area contributed by atoms with Gasteiger partial charge in [0.25, 0.3) is 11.8 Å². The Balaban J connectivity index is 2.09. The highest BCUT2D eigenvalue weighted by Gasteiger charge is 2.13. The first-order valence-corrected chi connectivity index (χ1v) is 7.82. The van der Waals surface area contributed by atoms with Crippen molar-refractivity contribution in [2.24, 2.45) is 0 Å². The SMILES string of the molecule is CCCCNC(=O)c1ccccc1NC(=O)c1cccs1. The monoisotopic (exact) mass is 302 g/mol. The molecule has 2 N–H and O–H groups in total. The number of unbranched alkanes of at least 4 members (excludes halogenated alkanes) is 1. The van der Waals surface area contributed by atoms with Crippen LogP contribution in [0.5, 0.6) is 0 Å². The number of amides is 2. The van der Waals surface area contributed by atoms with Gasteiger partial charge in [0.15, 0.2) is 0 Å². The van der Waals surface area contributed by atoms with E-state index in [0.29, 0.717) is 22.7 Å². The zero-order valence-electron chi connectivity index (χ0n) is 11.9. The number of carbonyl (C=O) groups is 2. The van der Waals surface area contributed by atoms with Gasteiger partial charge in [-0.15, -0.1) is 11.3 Å². The van der Waals surface area contributed by atoms with Crippen LogP contribution in [0.1, 0.15) is 39.8 Å². The van der Waals surface area contributed by atoms with E-state index in [0.717, 1.165) is 12.8 Å². The molecule has 1 heterocycles. The predicted octanol–water partition coefficient (Wildman–Crippen LogP) is 3.53. The van der Waals surface area contributed by atoms with Crippen LogP contribution in [0.15, 0.2) is 41.8 Å². The van der Waals surface area contributed by atoms with Crippen LogP contribution in [-0.2, 0) is 0 Å². The van der Waals surface area contributed by atoms with Gasteiger partial charge in [-0.05, 0) is 30.0 Å². The molecule has 0 atom stereocenters. The Kier molecular flexibility index (Phi) is 5.51. The molecule has 0 unspecified atom stereocenters. The molecule has 0 saturated heterocycles. The molecular weight excluding hydrogens is 284 g/mol. The highest BCUT2D eigenvalue weighted by atomic mass is 32.1. The number of hydrogen-bond donors (Lipinski definition) is 2. The topological polar surface area (TPSA) is 58.2 Å². The number of nitrogens with one attached hydrogen (secondary N) is 2. The Labute approximate surface area is 128 Å². The van der Waals surface area contributed by atoms with Crippen LogP contribution in [0.3, 0.4) is 0 Å². The van der Waals surface area contributed by atoms with E-state index >= 15 is 0 Å². The molecule has 4 nitrogen and oxygen atoms in total. The van der Waals surface area contributed by atoms with Gasteiger partial charge < -0.3 is 10.6 Å². The Hall–Kier alpha value is -2.14. The lowest BCUT2D eigenvalue weighted by Gasteiger charge is -2.10. The van der Waals surface area contributed by atoms with Crippen LogP contribution < -0.4 is 10.6 Å². The summed E-state index contributed by atoms with van der Waals surface area (Å²) in [4.78, 5) is 24.8. The van der Waals surface area contributed by atoms with Gasteiger partial charge in [-0.3, -0.25) is 9.59 Å². The van der Waals surface area contributed by atoms with Crippen LogP contribution >= 0.6 is 11.3 Å². The van der Waals surface area contributed by atoms with E-state index < -0.39 is 0 Å². The third-order valence-corrected chi connectivity index (χ3v) is 3.85. The lowest BCUT2D eigenvalue weighted by molar-refractivity contribution is 0.0954. The van der Waals surface area contributed by atoms with E-state index in [4.69, 9.17) is 0 Å². The molecule has 1 aromatic heterocycles. The highest BCUT2D eigenvalue weighted by Crippen LogP contribution is 2.17. The van der Waals surface area contributed by atoms with Crippen molar-refractivity contribution in [1.29, 1.82) is 0 Å². The first kappa shape index (κ1) is 15.3. The molecule has 0 saturated carbocycles. The molecule has 2 amide bonds. The van der Waals surface area contributed by atoms with Crippen molar-refractivity contribution in [3.8, 4) is 0 Å². The van der Waals surface area contributed by atoms with Gasteiger partial charge in [0.2, 0.25) is 0 Å². The van der Waals surface area contributed by atoms with Crippen molar-refractivity contribution in [1.82, 2.24) is 5.32 Å². The minimum atomic E-state index is -0.196. The predicted molar refractivity (Wildman–Crippen MR) is 86.0 cm³/mol. The minimum Gasteiger partial charge on any atom is -0.352 e. The maximum atomic E-state index is 12.1. The molecule has 0 bridgehead atoms. The van der Waals surface area contributed by atoms with Crippen molar-refractivity contribution in [2.75, 3.05) is 11.9 Å². The lowest BCUT2D eigenvalue weighted by atomic mass is 10.1. The normalized spacial score (nSPS) is 10.1. The second-order valence-electron chi connectivity index (χ2n) is 4.59. The van der Waals surface area contributed by atoms with Crippen LogP contribution in [0, 0.1) is 0 Å². The highest BCUT2D eigenvalue weighted by molar-refractivity contribution is 7.12. The van der Waals surface area contributed by atoms with Crippen molar-refractivity contribution >= 4 is 28.8 Å². The zero-order chi connectivity index (χ0) is 15.1. The minimum absolute atomic E-state index is 0.162. The molecule has 0 spiro atoms. The van der Waals surface area contributed by atoms with Crippen LogP contribution in [0.2, 0.25) is 0 Å². The van der Waals surface area contributed by atoms with Crippen molar-refractivity contribution in [3.05, 3.63) is 52.2 Å². The standard InChI is InChI=1S/C16H18N2O2S/c1-2-3-10-17-15(19)12-7-4-5-8-13(12)18-16(20)14-9-6-11-21-14/h4-9,11H,2-3,10H2,1H3,(H,17,19)(H,18,20). The number of benzene rings is 1. The summed E-state index contributed by atoms with van der Waals surface area (Å²) in [5.74, 6) is -0.357. The molecule has 0 fully saturated rings. The molecular formula is C16H18N2O2S. The fraction of sp³-hybridized carbons (Fsp3) is 0.250. The van der Waals surface area contributed by atoms with Crippen molar-refractivity contribution < 1.29 is 9.59 Å². The van der Waals surface area contributed by atoms with E-state index in [-0.39, 0.29) is 11.8 Å². The number of para-hydroxylation sites is 1.